The quantitative estimate of drug-likeness (QED) is 0.698. The monoisotopic (exact) mass is 182 g/mol. The van der Waals surface area contributed by atoms with Gasteiger partial charge in [-0.15, -0.1) is 0 Å². The van der Waals surface area contributed by atoms with Crippen molar-refractivity contribution in [3.05, 3.63) is 23.3 Å². The third-order valence-corrected chi connectivity index (χ3v) is 2.63. The summed E-state index contributed by atoms with van der Waals surface area (Å²) in [4.78, 5) is 4.18. The molecule has 0 atom stereocenters. The molecule has 0 amide bonds. The Labute approximate surface area is 80.0 Å². The van der Waals surface area contributed by atoms with E-state index in [-0.39, 0.29) is 6.61 Å². The summed E-state index contributed by atoms with van der Waals surface area (Å²) in [6.45, 7) is 7.19. The summed E-state index contributed by atoms with van der Waals surface area (Å²) in [5.41, 5.74) is 3.33. The minimum Gasteiger partial charge on any atom is -0.390 e. The molecule has 1 heterocycles. The van der Waals surface area contributed by atoms with E-state index >= 15 is 0 Å². The third kappa shape index (κ3) is 1.70. The Bertz CT molecular complexity index is 256. The van der Waals surface area contributed by atoms with E-state index in [4.69, 9.17) is 0 Å². The topological polar surface area (TPSA) is 26.7 Å². The zero-order valence-electron chi connectivity index (χ0n) is 8.83. The summed E-state index contributed by atoms with van der Waals surface area (Å²) in [5.74, 6) is 0. The number of likely N-dealkylation sites (N-methyl/N-ethyl adjacent to an activating group) is 1. The van der Waals surface area contributed by atoms with Crippen molar-refractivity contribution < 1.29 is 5.11 Å². The lowest BCUT2D eigenvalue weighted by Gasteiger charge is -2.34. The standard InChI is InChI=1S/C10H18N2O/c1-5-12-6-8(2)11(4)9(3)10(12)7-13/h6,13H,5,7H2,1-4H3. The van der Waals surface area contributed by atoms with Crippen molar-refractivity contribution in [2.24, 2.45) is 0 Å². The molecule has 1 aliphatic rings. The van der Waals surface area contributed by atoms with Crippen LogP contribution in [0.5, 0.6) is 0 Å². The summed E-state index contributed by atoms with van der Waals surface area (Å²) in [7, 11) is 2.02. The molecule has 13 heavy (non-hydrogen) atoms. The Morgan fingerprint density at radius 3 is 2.46 bits per heavy atom. The van der Waals surface area contributed by atoms with E-state index in [1.54, 1.807) is 0 Å². The van der Waals surface area contributed by atoms with Crippen LogP contribution in [0.15, 0.2) is 23.3 Å². The molecule has 0 radical (unpaired) electrons. The molecule has 0 fully saturated rings. The predicted molar refractivity (Wildman–Crippen MR) is 53.7 cm³/mol. The first-order valence-electron chi connectivity index (χ1n) is 4.61. The average Bonchev–Trinajstić information content (AvgIpc) is 2.13. The van der Waals surface area contributed by atoms with E-state index in [9.17, 15) is 5.11 Å². The molecule has 0 spiro atoms. The maximum Gasteiger partial charge on any atom is 0.0850 e. The van der Waals surface area contributed by atoms with Crippen molar-refractivity contribution in [1.29, 1.82) is 0 Å². The molecule has 0 saturated carbocycles. The second-order valence-corrected chi connectivity index (χ2v) is 3.31. The van der Waals surface area contributed by atoms with Crippen LogP contribution in [0.3, 0.4) is 0 Å². The fourth-order valence-corrected chi connectivity index (χ4v) is 1.54. The van der Waals surface area contributed by atoms with Crippen LogP contribution in [-0.2, 0) is 0 Å². The molecule has 1 aliphatic heterocycles. The molecule has 0 bridgehead atoms. The van der Waals surface area contributed by atoms with Crippen LogP contribution in [0.25, 0.3) is 0 Å². The number of rotatable bonds is 2. The second-order valence-electron chi connectivity index (χ2n) is 3.31. The Morgan fingerprint density at radius 1 is 1.38 bits per heavy atom. The molecule has 0 aromatic rings. The van der Waals surface area contributed by atoms with Gasteiger partial charge in [-0.25, -0.2) is 0 Å². The van der Waals surface area contributed by atoms with Gasteiger partial charge in [-0.05, 0) is 20.8 Å². The van der Waals surface area contributed by atoms with Crippen LogP contribution >= 0.6 is 0 Å². The summed E-state index contributed by atoms with van der Waals surface area (Å²) in [5, 5.41) is 9.21. The smallest absolute Gasteiger partial charge is 0.0850 e. The van der Waals surface area contributed by atoms with Gasteiger partial charge in [-0.3, -0.25) is 0 Å². The highest BCUT2D eigenvalue weighted by Crippen LogP contribution is 2.22. The highest BCUT2D eigenvalue weighted by atomic mass is 16.3. The fraction of sp³-hybridized carbons (Fsp3) is 0.600. The molecule has 0 aliphatic carbocycles. The van der Waals surface area contributed by atoms with Gasteiger partial charge in [0.05, 0.1) is 12.3 Å². The molecule has 0 saturated heterocycles. The van der Waals surface area contributed by atoms with Crippen LogP contribution in [0, 0.1) is 0 Å². The van der Waals surface area contributed by atoms with Crippen molar-refractivity contribution >= 4 is 0 Å². The van der Waals surface area contributed by atoms with Gasteiger partial charge in [-0.1, -0.05) is 0 Å². The lowest BCUT2D eigenvalue weighted by Crippen LogP contribution is -2.31. The molecule has 0 aromatic carbocycles. The number of hydrogen-bond acceptors (Lipinski definition) is 3. The summed E-state index contributed by atoms with van der Waals surface area (Å²) in [6.07, 6.45) is 2.07. The Kier molecular flexibility index (Phi) is 2.98. The van der Waals surface area contributed by atoms with Gasteiger partial charge in [0.2, 0.25) is 0 Å². The molecule has 3 nitrogen and oxygen atoms in total. The van der Waals surface area contributed by atoms with E-state index in [1.165, 1.54) is 5.70 Å². The Hall–Kier alpha value is -0.960. The van der Waals surface area contributed by atoms with Gasteiger partial charge in [0, 0.05) is 31.2 Å². The Morgan fingerprint density at radius 2 is 2.00 bits per heavy atom. The summed E-state index contributed by atoms with van der Waals surface area (Å²) >= 11 is 0. The molecular weight excluding hydrogens is 164 g/mol. The number of hydrogen-bond donors (Lipinski definition) is 1. The molecule has 0 aromatic heterocycles. The molecule has 1 rings (SSSR count). The van der Waals surface area contributed by atoms with Crippen LogP contribution in [0.4, 0.5) is 0 Å². The second kappa shape index (κ2) is 3.83. The molecule has 0 unspecified atom stereocenters. The van der Waals surface area contributed by atoms with Gasteiger partial charge in [-0.2, -0.15) is 0 Å². The van der Waals surface area contributed by atoms with E-state index in [2.05, 4.69) is 29.8 Å². The zero-order valence-corrected chi connectivity index (χ0v) is 8.83. The van der Waals surface area contributed by atoms with Crippen molar-refractivity contribution in [2.75, 3.05) is 20.2 Å². The maximum absolute atomic E-state index is 9.21. The molecule has 3 heteroatoms. The van der Waals surface area contributed by atoms with Gasteiger partial charge in [0.25, 0.3) is 0 Å². The van der Waals surface area contributed by atoms with Crippen molar-refractivity contribution in [1.82, 2.24) is 9.80 Å². The fourth-order valence-electron chi connectivity index (χ4n) is 1.54. The maximum atomic E-state index is 9.21. The van der Waals surface area contributed by atoms with Crippen molar-refractivity contribution in [3.8, 4) is 0 Å². The molecular formula is C10H18N2O. The number of allylic oxidation sites excluding steroid dienone is 2. The minimum absolute atomic E-state index is 0.105. The number of nitrogens with zero attached hydrogens (tertiary/aromatic N) is 2. The van der Waals surface area contributed by atoms with Crippen molar-refractivity contribution in [3.63, 3.8) is 0 Å². The first-order valence-corrected chi connectivity index (χ1v) is 4.61. The largest absolute Gasteiger partial charge is 0.390 e. The highest BCUT2D eigenvalue weighted by Gasteiger charge is 2.17. The van der Waals surface area contributed by atoms with Gasteiger partial charge in [0.1, 0.15) is 0 Å². The third-order valence-electron chi connectivity index (χ3n) is 2.63. The summed E-state index contributed by atoms with van der Waals surface area (Å²) in [6, 6.07) is 0. The van der Waals surface area contributed by atoms with Crippen molar-refractivity contribution in [2.45, 2.75) is 20.8 Å². The zero-order chi connectivity index (χ0) is 10.0. The first-order chi connectivity index (χ1) is 6.11. The first kappa shape index (κ1) is 10.1. The van der Waals surface area contributed by atoms with Gasteiger partial charge >= 0.3 is 0 Å². The lowest BCUT2D eigenvalue weighted by atomic mass is 10.2. The van der Waals surface area contributed by atoms with E-state index < -0.39 is 0 Å². The summed E-state index contributed by atoms with van der Waals surface area (Å²) < 4.78 is 0. The Balaban J connectivity index is 3.00. The average molecular weight is 182 g/mol. The van der Waals surface area contributed by atoms with Crippen LogP contribution in [0.2, 0.25) is 0 Å². The van der Waals surface area contributed by atoms with E-state index in [0.29, 0.717) is 0 Å². The van der Waals surface area contributed by atoms with Gasteiger partial charge in [0.15, 0.2) is 0 Å². The number of aliphatic hydroxyl groups is 1. The van der Waals surface area contributed by atoms with Crippen LogP contribution < -0.4 is 0 Å². The van der Waals surface area contributed by atoms with E-state index in [0.717, 1.165) is 17.9 Å². The molecule has 74 valence electrons. The molecule has 1 N–H and O–H groups in total. The van der Waals surface area contributed by atoms with Crippen LogP contribution in [-0.4, -0.2) is 35.1 Å². The van der Waals surface area contributed by atoms with Gasteiger partial charge < -0.3 is 14.9 Å². The predicted octanol–water partition coefficient (Wildman–Crippen LogP) is 1.34. The lowest BCUT2D eigenvalue weighted by molar-refractivity contribution is 0.267. The normalized spacial score (nSPS) is 18.1. The van der Waals surface area contributed by atoms with Crippen LogP contribution in [0.1, 0.15) is 20.8 Å². The highest BCUT2D eigenvalue weighted by molar-refractivity contribution is 5.23. The minimum atomic E-state index is 0.105. The van der Waals surface area contributed by atoms with E-state index in [1.807, 2.05) is 14.0 Å². The SMILES string of the molecule is CCN1C=C(C)N(C)C(C)=C1CO. The number of aliphatic hydroxyl groups excluding tert-OH is 1.